The van der Waals surface area contributed by atoms with Crippen molar-refractivity contribution < 1.29 is 0 Å². The van der Waals surface area contributed by atoms with E-state index in [4.69, 9.17) is 0 Å². The van der Waals surface area contributed by atoms with Crippen molar-refractivity contribution >= 4 is 17.3 Å². The molecule has 0 amide bonds. The van der Waals surface area contributed by atoms with Crippen LogP contribution in [-0.2, 0) is 13.0 Å². The lowest BCUT2D eigenvalue weighted by Gasteiger charge is -2.10. The maximum atomic E-state index is 4.66. The minimum atomic E-state index is 0.614. The van der Waals surface area contributed by atoms with Gasteiger partial charge in [0.1, 0.15) is 12.7 Å². The van der Waals surface area contributed by atoms with Crippen LogP contribution >= 0.6 is 11.3 Å². The van der Waals surface area contributed by atoms with Crippen molar-refractivity contribution in [2.45, 2.75) is 26.8 Å². The summed E-state index contributed by atoms with van der Waals surface area (Å²) in [6.45, 7) is 6.39. The van der Waals surface area contributed by atoms with Gasteiger partial charge in [0.2, 0.25) is 0 Å². The molecule has 7 nitrogen and oxygen atoms in total. The molecule has 1 aromatic carbocycles. The summed E-state index contributed by atoms with van der Waals surface area (Å²) < 4.78 is 1.74. The molecule has 3 rings (SSSR count). The standard InChI is InChI=1S/C18H23N7S/c1-3-20-18(21-9-8-17-22-10-14(2)26-17)23-11-15-4-6-16(7-5-15)25-13-19-12-24-25/h4-7,10,12-13H,3,8-9,11H2,1-2H3,(H2,20,21,23). The van der Waals surface area contributed by atoms with E-state index in [1.165, 1.54) is 11.2 Å². The topological polar surface area (TPSA) is 80.0 Å². The van der Waals surface area contributed by atoms with Crippen molar-refractivity contribution in [3.05, 3.63) is 58.6 Å². The number of aryl methyl sites for hydroxylation is 1. The highest BCUT2D eigenvalue weighted by Gasteiger charge is 2.02. The number of rotatable bonds is 7. The lowest BCUT2D eigenvalue weighted by Crippen LogP contribution is -2.38. The maximum absolute atomic E-state index is 4.66. The predicted molar refractivity (Wildman–Crippen MR) is 105 cm³/mol. The molecule has 0 saturated heterocycles. The van der Waals surface area contributed by atoms with Gasteiger partial charge in [-0.15, -0.1) is 11.3 Å². The molecule has 0 aliphatic heterocycles. The fourth-order valence-electron chi connectivity index (χ4n) is 2.41. The number of thiazole rings is 1. The number of nitrogens with zero attached hydrogens (tertiary/aromatic N) is 5. The SMILES string of the molecule is CCNC(=NCc1ccc(-n2cncn2)cc1)NCCc1ncc(C)s1. The fraction of sp³-hybridized carbons (Fsp3) is 0.333. The molecule has 2 aromatic heterocycles. The first kappa shape index (κ1) is 18.1. The van der Waals surface area contributed by atoms with Gasteiger partial charge in [0.25, 0.3) is 0 Å². The lowest BCUT2D eigenvalue weighted by molar-refractivity contribution is 0.796. The van der Waals surface area contributed by atoms with Crippen molar-refractivity contribution in [2.24, 2.45) is 4.99 Å². The van der Waals surface area contributed by atoms with Crippen LogP contribution in [0.4, 0.5) is 0 Å². The number of aromatic nitrogens is 4. The van der Waals surface area contributed by atoms with Crippen LogP contribution in [0.25, 0.3) is 5.69 Å². The third-order valence-electron chi connectivity index (χ3n) is 3.68. The third-order valence-corrected chi connectivity index (χ3v) is 4.66. The minimum Gasteiger partial charge on any atom is -0.357 e. The van der Waals surface area contributed by atoms with Crippen LogP contribution in [0, 0.1) is 6.92 Å². The Balaban J connectivity index is 1.54. The van der Waals surface area contributed by atoms with E-state index in [1.807, 2.05) is 18.3 Å². The van der Waals surface area contributed by atoms with E-state index in [1.54, 1.807) is 22.3 Å². The van der Waals surface area contributed by atoms with E-state index < -0.39 is 0 Å². The van der Waals surface area contributed by atoms with Gasteiger partial charge in [-0.05, 0) is 31.5 Å². The molecule has 0 fully saturated rings. The quantitative estimate of drug-likeness (QED) is 0.494. The molecule has 2 N–H and O–H groups in total. The van der Waals surface area contributed by atoms with Crippen LogP contribution in [0.1, 0.15) is 22.4 Å². The van der Waals surface area contributed by atoms with Gasteiger partial charge in [0.05, 0.1) is 17.2 Å². The summed E-state index contributed by atoms with van der Waals surface area (Å²) in [5.41, 5.74) is 2.13. The molecule has 0 saturated carbocycles. The summed E-state index contributed by atoms with van der Waals surface area (Å²) in [6.07, 6.45) is 6.03. The van der Waals surface area contributed by atoms with Crippen LogP contribution in [-0.4, -0.2) is 38.8 Å². The molecule has 136 valence electrons. The van der Waals surface area contributed by atoms with E-state index in [2.05, 4.69) is 56.7 Å². The predicted octanol–water partition coefficient (Wildman–Crippen LogP) is 2.33. The summed E-state index contributed by atoms with van der Waals surface area (Å²) in [6, 6.07) is 8.15. The monoisotopic (exact) mass is 369 g/mol. The van der Waals surface area contributed by atoms with Gasteiger partial charge in [-0.2, -0.15) is 5.10 Å². The van der Waals surface area contributed by atoms with Gasteiger partial charge in [-0.3, -0.25) is 0 Å². The highest BCUT2D eigenvalue weighted by Crippen LogP contribution is 2.11. The highest BCUT2D eigenvalue weighted by molar-refractivity contribution is 7.11. The number of aliphatic imine (C=N–C) groups is 1. The van der Waals surface area contributed by atoms with Crippen LogP contribution in [0.15, 0.2) is 48.1 Å². The molecule has 0 unspecified atom stereocenters. The summed E-state index contributed by atoms with van der Waals surface area (Å²) >= 11 is 1.74. The van der Waals surface area contributed by atoms with Crippen molar-refractivity contribution in [1.82, 2.24) is 30.4 Å². The van der Waals surface area contributed by atoms with Crippen molar-refractivity contribution in [3.8, 4) is 5.69 Å². The Hall–Kier alpha value is -2.74. The molecule has 26 heavy (non-hydrogen) atoms. The van der Waals surface area contributed by atoms with Crippen molar-refractivity contribution in [3.63, 3.8) is 0 Å². The molecule has 0 atom stereocenters. The molecular formula is C18H23N7S. The van der Waals surface area contributed by atoms with Crippen LogP contribution in [0.3, 0.4) is 0 Å². The first-order chi connectivity index (χ1) is 12.7. The Labute approximate surface area is 157 Å². The lowest BCUT2D eigenvalue weighted by atomic mass is 10.2. The third kappa shape index (κ3) is 5.13. The van der Waals surface area contributed by atoms with E-state index in [-0.39, 0.29) is 0 Å². The summed E-state index contributed by atoms with van der Waals surface area (Å²) in [4.78, 5) is 14.3. The molecule has 0 aliphatic carbocycles. The highest BCUT2D eigenvalue weighted by atomic mass is 32.1. The second-order valence-corrected chi connectivity index (χ2v) is 7.06. The van der Waals surface area contributed by atoms with Crippen molar-refractivity contribution in [1.29, 1.82) is 0 Å². The molecular weight excluding hydrogens is 346 g/mol. The first-order valence-electron chi connectivity index (χ1n) is 8.62. The van der Waals surface area contributed by atoms with Crippen LogP contribution in [0.5, 0.6) is 0 Å². The second-order valence-electron chi connectivity index (χ2n) is 5.74. The number of hydrogen-bond donors (Lipinski definition) is 2. The number of nitrogens with one attached hydrogen (secondary N) is 2. The molecule has 0 bridgehead atoms. The zero-order valence-corrected chi connectivity index (χ0v) is 15.8. The van der Waals surface area contributed by atoms with Gasteiger partial charge in [0, 0.05) is 30.6 Å². The zero-order valence-electron chi connectivity index (χ0n) is 15.0. The average molecular weight is 369 g/mol. The van der Waals surface area contributed by atoms with Gasteiger partial charge in [-0.25, -0.2) is 19.6 Å². The normalized spacial score (nSPS) is 11.5. The second kappa shape index (κ2) is 9.10. The van der Waals surface area contributed by atoms with E-state index >= 15 is 0 Å². The minimum absolute atomic E-state index is 0.614. The zero-order chi connectivity index (χ0) is 18.2. The first-order valence-corrected chi connectivity index (χ1v) is 9.43. The number of hydrogen-bond acceptors (Lipinski definition) is 5. The summed E-state index contributed by atoms with van der Waals surface area (Å²) in [7, 11) is 0. The van der Waals surface area contributed by atoms with Crippen LogP contribution < -0.4 is 10.6 Å². The number of benzene rings is 1. The molecule has 3 aromatic rings. The Kier molecular flexibility index (Phi) is 6.32. The van der Waals surface area contributed by atoms with E-state index in [0.29, 0.717) is 6.54 Å². The van der Waals surface area contributed by atoms with Gasteiger partial charge in [-0.1, -0.05) is 12.1 Å². The molecule has 0 aliphatic rings. The summed E-state index contributed by atoms with van der Waals surface area (Å²) in [5, 5.41) is 11.9. The molecule has 0 radical (unpaired) electrons. The Morgan fingerprint density at radius 2 is 2.08 bits per heavy atom. The van der Waals surface area contributed by atoms with Gasteiger partial charge in [0.15, 0.2) is 5.96 Å². The Bertz CT molecular complexity index is 822. The molecule has 0 spiro atoms. The molecule has 2 heterocycles. The van der Waals surface area contributed by atoms with Crippen molar-refractivity contribution in [2.75, 3.05) is 13.1 Å². The Morgan fingerprint density at radius 3 is 2.73 bits per heavy atom. The smallest absolute Gasteiger partial charge is 0.191 e. The Morgan fingerprint density at radius 1 is 1.23 bits per heavy atom. The van der Waals surface area contributed by atoms with E-state index in [0.717, 1.165) is 41.7 Å². The maximum Gasteiger partial charge on any atom is 0.191 e. The van der Waals surface area contributed by atoms with Gasteiger partial charge >= 0.3 is 0 Å². The fourth-order valence-corrected chi connectivity index (χ4v) is 3.20. The van der Waals surface area contributed by atoms with Gasteiger partial charge < -0.3 is 10.6 Å². The average Bonchev–Trinajstić information content (AvgIpc) is 3.32. The summed E-state index contributed by atoms with van der Waals surface area (Å²) in [5.74, 6) is 0.820. The van der Waals surface area contributed by atoms with E-state index in [9.17, 15) is 0 Å². The van der Waals surface area contributed by atoms with Crippen LogP contribution in [0.2, 0.25) is 0 Å². The largest absolute Gasteiger partial charge is 0.357 e. The molecule has 8 heteroatoms. The number of guanidine groups is 1.